The summed E-state index contributed by atoms with van der Waals surface area (Å²) in [4.78, 5) is 44.5. The number of hydrogen-bond acceptors (Lipinski definition) is 4. The Morgan fingerprint density at radius 3 is 2.41 bits per heavy atom. The maximum Gasteiger partial charge on any atom is 0.253 e. The summed E-state index contributed by atoms with van der Waals surface area (Å²) >= 11 is 0. The average molecular weight is 430 g/mol. The van der Waals surface area contributed by atoms with Gasteiger partial charge in [-0.25, -0.2) is 4.90 Å². The van der Waals surface area contributed by atoms with Crippen molar-refractivity contribution in [2.24, 2.45) is 17.8 Å². The molecule has 4 atom stereocenters. The van der Waals surface area contributed by atoms with Gasteiger partial charge in [0.1, 0.15) is 5.54 Å². The molecule has 0 radical (unpaired) electrons. The minimum Gasteiger partial charge on any atom is -0.306 e. The molecule has 3 amide bonds. The molecule has 3 heterocycles. The minimum atomic E-state index is -1.25. The topological polar surface area (TPSA) is 69.7 Å². The van der Waals surface area contributed by atoms with Crippen LogP contribution >= 0.6 is 0 Å². The second-order valence-corrected chi connectivity index (χ2v) is 9.26. The van der Waals surface area contributed by atoms with Crippen LogP contribution in [0.5, 0.6) is 0 Å². The van der Waals surface area contributed by atoms with Crippen LogP contribution in [0.25, 0.3) is 0 Å². The second-order valence-electron chi connectivity index (χ2n) is 9.26. The van der Waals surface area contributed by atoms with Gasteiger partial charge in [0.2, 0.25) is 11.8 Å². The van der Waals surface area contributed by atoms with Crippen molar-refractivity contribution in [2.45, 2.75) is 31.8 Å². The van der Waals surface area contributed by atoms with Gasteiger partial charge in [-0.2, -0.15) is 0 Å². The van der Waals surface area contributed by atoms with Crippen molar-refractivity contribution in [3.05, 3.63) is 72.8 Å². The fourth-order valence-electron chi connectivity index (χ4n) is 5.80. The molecule has 0 unspecified atom stereocenters. The van der Waals surface area contributed by atoms with Gasteiger partial charge in [0.25, 0.3) is 5.91 Å². The smallest absolute Gasteiger partial charge is 0.253 e. The van der Waals surface area contributed by atoms with E-state index in [0.717, 1.165) is 11.3 Å². The molecular formula is C26H27N3O3. The van der Waals surface area contributed by atoms with Gasteiger partial charge < -0.3 is 4.90 Å². The average Bonchev–Trinajstić information content (AvgIpc) is 3.33. The molecule has 3 aliphatic heterocycles. The van der Waals surface area contributed by atoms with Gasteiger partial charge in [0, 0.05) is 23.8 Å². The number of anilines is 2. The van der Waals surface area contributed by atoms with Crippen molar-refractivity contribution >= 4 is 29.1 Å². The number of amides is 3. The Morgan fingerprint density at radius 2 is 1.72 bits per heavy atom. The standard InChI is InChI=1S/C26H27N3O3/c1-4-14-28-20-13-9-8-12-18(20)26(25(28)32)22-21(19(27-26)15-16(2)3)23(30)29(24(22)31)17-10-6-5-7-11-17/h4-13,16,19,21-22,27H,1,14-15H2,2-3H3/t19-,21+,22-,26-/m0/s1. The summed E-state index contributed by atoms with van der Waals surface area (Å²) in [5, 5.41) is 3.53. The predicted octanol–water partition coefficient (Wildman–Crippen LogP) is 3.24. The summed E-state index contributed by atoms with van der Waals surface area (Å²) in [5.41, 5.74) is 0.841. The molecule has 6 heteroatoms. The molecule has 0 saturated carbocycles. The number of nitrogens with one attached hydrogen (secondary N) is 1. The first-order valence-electron chi connectivity index (χ1n) is 11.1. The van der Waals surface area contributed by atoms with E-state index >= 15 is 0 Å². The van der Waals surface area contributed by atoms with Crippen LogP contribution in [0.3, 0.4) is 0 Å². The zero-order valence-corrected chi connectivity index (χ0v) is 18.3. The van der Waals surface area contributed by atoms with E-state index in [1.54, 1.807) is 23.1 Å². The Morgan fingerprint density at radius 1 is 1.03 bits per heavy atom. The van der Waals surface area contributed by atoms with Crippen LogP contribution in [-0.4, -0.2) is 30.3 Å². The Labute approximate surface area is 187 Å². The van der Waals surface area contributed by atoms with Crippen molar-refractivity contribution in [3.63, 3.8) is 0 Å². The molecule has 6 nitrogen and oxygen atoms in total. The summed E-state index contributed by atoms with van der Waals surface area (Å²) in [7, 11) is 0. The number of para-hydroxylation sites is 2. The van der Waals surface area contributed by atoms with Crippen LogP contribution < -0.4 is 15.1 Å². The molecule has 1 N–H and O–H groups in total. The number of carbonyl (C=O) groups is 3. The van der Waals surface area contributed by atoms with Crippen LogP contribution in [0.4, 0.5) is 11.4 Å². The number of carbonyl (C=O) groups excluding carboxylic acids is 3. The Kier molecular flexibility index (Phi) is 4.78. The first kappa shape index (κ1) is 20.6. The van der Waals surface area contributed by atoms with Crippen molar-refractivity contribution in [3.8, 4) is 0 Å². The molecule has 1 spiro atoms. The highest BCUT2D eigenvalue weighted by Gasteiger charge is 2.71. The molecule has 32 heavy (non-hydrogen) atoms. The molecule has 0 aromatic heterocycles. The third-order valence-corrected chi connectivity index (χ3v) is 6.92. The van der Waals surface area contributed by atoms with Crippen LogP contribution in [0.15, 0.2) is 67.3 Å². The van der Waals surface area contributed by atoms with Crippen molar-refractivity contribution in [1.82, 2.24) is 5.32 Å². The molecule has 2 saturated heterocycles. The normalized spacial score (nSPS) is 28.7. The van der Waals surface area contributed by atoms with Gasteiger partial charge in [-0.15, -0.1) is 6.58 Å². The van der Waals surface area contributed by atoms with Crippen molar-refractivity contribution < 1.29 is 14.4 Å². The van der Waals surface area contributed by atoms with Gasteiger partial charge in [-0.05, 0) is 30.5 Å². The van der Waals surface area contributed by atoms with Crippen molar-refractivity contribution in [2.75, 3.05) is 16.3 Å². The van der Waals surface area contributed by atoms with E-state index in [1.165, 1.54) is 4.90 Å². The van der Waals surface area contributed by atoms with Crippen LogP contribution in [0, 0.1) is 17.8 Å². The summed E-state index contributed by atoms with van der Waals surface area (Å²) in [6.07, 6.45) is 2.38. The Balaban J connectivity index is 1.69. The third-order valence-electron chi connectivity index (χ3n) is 6.92. The van der Waals surface area contributed by atoms with Crippen LogP contribution in [0.1, 0.15) is 25.8 Å². The zero-order valence-electron chi connectivity index (χ0n) is 18.3. The van der Waals surface area contributed by atoms with E-state index in [0.29, 0.717) is 24.6 Å². The first-order chi connectivity index (χ1) is 15.4. The minimum absolute atomic E-state index is 0.184. The number of nitrogens with zero attached hydrogens (tertiary/aromatic N) is 2. The molecule has 164 valence electrons. The van der Waals surface area contributed by atoms with E-state index in [9.17, 15) is 14.4 Å². The second kappa shape index (κ2) is 7.41. The summed E-state index contributed by atoms with van der Waals surface area (Å²) in [5.74, 6) is -1.81. The third kappa shape index (κ3) is 2.65. The predicted molar refractivity (Wildman–Crippen MR) is 123 cm³/mol. The largest absolute Gasteiger partial charge is 0.306 e. The molecule has 0 bridgehead atoms. The monoisotopic (exact) mass is 429 g/mol. The molecule has 2 fully saturated rings. The fourth-order valence-corrected chi connectivity index (χ4v) is 5.80. The molecule has 2 aromatic rings. The maximum atomic E-state index is 14.0. The van der Waals surface area contributed by atoms with Gasteiger partial charge in [0.05, 0.1) is 17.5 Å². The molecule has 3 aliphatic rings. The number of imide groups is 1. The van der Waals surface area contributed by atoms with Gasteiger partial charge in [-0.3, -0.25) is 19.7 Å². The van der Waals surface area contributed by atoms with Gasteiger partial charge in [-0.1, -0.05) is 56.3 Å². The number of benzene rings is 2. The zero-order chi connectivity index (χ0) is 22.6. The van der Waals surface area contributed by atoms with Crippen LogP contribution in [-0.2, 0) is 19.9 Å². The van der Waals surface area contributed by atoms with Crippen molar-refractivity contribution in [1.29, 1.82) is 0 Å². The molecular weight excluding hydrogens is 402 g/mol. The lowest BCUT2D eigenvalue weighted by Crippen LogP contribution is -2.55. The lowest BCUT2D eigenvalue weighted by molar-refractivity contribution is -0.132. The summed E-state index contributed by atoms with van der Waals surface area (Å²) in [6.45, 7) is 8.33. The van der Waals surface area contributed by atoms with Gasteiger partial charge in [0.15, 0.2) is 0 Å². The van der Waals surface area contributed by atoms with E-state index in [1.807, 2.05) is 42.5 Å². The van der Waals surface area contributed by atoms with E-state index < -0.39 is 17.4 Å². The molecule has 0 aliphatic carbocycles. The fraction of sp³-hybridized carbons (Fsp3) is 0.346. The number of rotatable bonds is 5. The Bertz CT molecular complexity index is 1110. The lowest BCUT2D eigenvalue weighted by Gasteiger charge is -2.30. The molecule has 2 aromatic carbocycles. The highest BCUT2D eigenvalue weighted by atomic mass is 16.2. The van der Waals surface area contributed by atoms with Gasteiger partial charge >= 0.3 is 0 Å². The van der Waals surface area contributed by atoms with E-state index in [4.69, 9.17) is 0 Å². The SMILES string of the molecule is C=CCN1C(=O)[C@]2(N[C@@H](CC(C)C)[C@H]3C(=O)N(c4ccccc4)C(=O)[C@H]32)c2ccccc21. The highest BCUT2D eigenvalue weighted by molar-refractivity contribution is 6.26. The number of fused-ring (bicyclic) bond motifs is 4. The highest BCUT2D eigenvalue weighted by Crippen LogP contribution is 2.55. The number of hydrogen-bond donors (Lipinski definition) is 1. The van der Waals surface area contributed by atoms with Crippen LogP contribution in [0.2, 0.25) is 0 Å². The van der Waals surface area contributed by atoms with E-state index in [2.05, 4.69) is 25.7 Å². The quantitative estimate of drug-likeness (QED) is 0.585. The summed E-state index contributed by atoms with van der Waals surface area (Å²) < 4.78 is 0. The lowest BCUT2D eigenvalue weighted by atomic mass is 9.76. The maximum absolute atomic E-state index is 14.0. The van der Waals surface area contributed by atoms with E-state index in [-0.39, 0.29) is 23.8 Å². The molecule has 5 rings (SSSR count). The summed E-state index contributed by atoms with van der Waals surface area (Å²) in [6, 6.07) is 16.3. The Hall–Kier alpha value is -3.25. The first-order valence-corrected chi connectivity index (χ1v) is 11.1.